The fourth-order valence-corrected chi connectivity index (χ4v) is 2.45. The molecule has 1 aromatic rings. The lowest BCUT2D eigenvalue weighted by Crippen LogP contribution is -2.28. The Morgan fingerprint density at radius 3 is 2.43 bits per heavy atom. The number of hydrogen-bond donors (Lipinski definition) is 4. The predicted molar refractivity (Wildman–Crippen MR) is 78.7 cm³/mol. The zero-order valence-electron chi connectivity index (χ0n) is 11.9. The molecule has 0 amide bonds. The van der Waals surface area contributed by atoms with Gasteiger partial charge >= 0.3 is 5.97 Å². The van der Waals surface area contributed by atoms with E-state index in [1.807, 2.05) is 13.8 Å². The molecule has 1 unspecified atom stereocenters. The zero-order valence-corrected chi connectivity index (χ0v) is 12.7. The maximum atomic E-state index is 11.3. The number of aliphatic hydroxyl groups is 1. The summed E-state index contributed by atoms with van der Waals surface area (Å²) in [5.74, 6) is -1.09. The second-order valence-corrected chi connectivity index (χ2v) is 6.63. The van der Waals surface area contributed by atoms with Crippen LogP contribution in [-0.4, -0.2) is 37.2 Å². The van der Waals surface area contributed by atoms with Crippen LogP contribution in [-0.2, 0) is 10.0 Å². The van der Waals surface area contributed by atoms with Crippen molar-refractivity contribution in [2.45, 2.75) is 31.2 Å². The Balaban J connectivity index is 3.21. The van der Waals surface area contributed by atoms with Crippen LogP contribution in [0.1, 0.15) is 30.6 Å². The Labute approximate surface area is 123 Å². The first-order valence-electron chi connectivity index (χ1n) is 6.44. The molecule has 8 heteroatoms. The summed E-state index contributed by atoms with van der Waals surface area (Å²) in [5, 5.41) is 26.3. The maximum Gasteiger partial charge on any atom is 0.337 e. The number of aliphatic hydroxyl groups excluding tert-OH is 1. The average molecular weight is 316 g/mol. The van der Waals surface area contributed by atoms with E-state index >= 15 is 0 Å². The van der Waals surface area contributed by atoms with E-state index in [9.17, 15) is 18.3 Å². The number of rotatable bonds is 7. The number of carboxylic acid groups (broad SMARTS) is 1. The largest absolute Gasteiger partial charge is 0.478 e. The SMILES string of the molecule is CC(C)C(CCO)Nc1ccc(S(N)(=O)=O)cc1C(=O)O. The van der Waals surface area contributed by atoms with Crippen molar-refractivity contribution in [3.8, 4) is 0 Å². The van der Waals surface area contributed by atoms with Crippen LogP contribution < -0.4 is 10.5 Å². The van der Waals surface area contributed by atoms with E-state index in [2.05, 4.69) is 5.32 Å². The van der Waals surface area contributed by atoms with Crippen LogP contribution in [0.15, 0.2) is 23.1 Å². The Bertz CT molecular complexity index is 613. The van der Waals surface area contributed by atoms with Crippen LogP contribution in [0.25, 0.3) is 0 Å². The summed E-state index contributed by atoms with van der Waals surface area (Å²) >= 11 is 0. The number of nitrogens with one attached hydrogen (secondary N) is 1. The lowest BCUT2D eigenvalue weighted by Gasteiger charge is -2.24. The maximum absolute atomic E-state index is 11.3. The minimum atomic E-state index is -3.96. The first kappa shape index (κ1) is 17.4. The van der Waals surface area contributed by atoms with Gasteiger partial charge in [0.15, 0.2) is 0 Å². The number of carbonyl (C=O) groups is 1. The van der Waals surface area contributed by atoms with Gasteiger partial charge < -0.3 is 15.5 Å². The van der Waals surface area contributed by atoms with Gasteiger partial charge in [0.2, 0.25) is 10.0 Å². The number of benzene rings is 1. The van der Waals surface area contributed by atoms with Gasteiger partial charge in [0.25, 0.3) is 0 Å². The van der Waals surface area contributed by atoms with Crippen molar-refractivity contribution in [1.82, 2.24) is 0 Å². The van der Waals surface area contributed by atoms with Gasteiger partial charge in [-0.15, -0.1) is 0 Å². The fourth-order valence-electron chi connectivity index (χ4n) is 1.91. The van der Waals surface area contributed by atoms with Crippen LogP contribution in [0.4, 0.5) is 5.69 Å². The second kappa shape index (κ2) is 6.88. The lowest BCUT2D eigenvalue weighted by molar-refractivity contribution is 0.0697. The van der Waals surface area contributed by atoms with Gasteiger partial charge in [-0.25, -0.2) is 18.4 Å². The fraction of sp³-hybridized carbons (Fsp3) is 0.462. The number of hydrogen-bond acceptors (Lipinski definition) is 5. The van der Waals surface area contributed by atoms with E-state index in [1.54, 1.807) is 0 Å². The molecular formula is C13H20N2O5S. The molecule has 0 saturated carbocycles. The molecule has 0 aliphatic heterocycles. The summed E-state index contributed by atoms with van der Waals surface area (Å²) in [6, 6.07) is 3.51. The Morgan fingerprint density at radius 2 is 2.00 bits per heavy atom. The molecule has 1 rings (SSSR count). The van der Waals surface area contributed by atoms with E-state index in [1.165, 1.54) is 12.1 Å². The van der Waals surface area contributed by atoms with Gasteiger partial charge in [0, 0.05) is 18.3 Å². The summed E-state index contributed by atoms with van der Waals surface area (Å²) in [6.07, 6.45) is 0.452. The summed E-state index contributed by atoms with van der Waals surface area (Å²) in [4.78, 5) is 11.0. The van der Waals surface area contributed by atoms with Crippen LogP contribution in [0.5, 0.6) is 0 Å². The standard InChI is InChI=1S/C13H20N2O5S/c1-8(2)11(5-6-16)15-12-4-3-9(21(14,19)20)7-10(12)13(17)18/h3-4,7-8,11,15-16H,5-6H2,1-2H3,(H,17,18)(H2,14,19,20). The summed E-state index contributed by atoms with van der Waals surface area (Å²) in [7, 11) is -3.96. The van der Waals surface area contributed by atoms with Gasteiger partial charge in [-0.1, -0.05) is 13.8 Å². The van der Waals surface area contributed by atoms with Gasteiger partial charge in [0.1, 0.15) is 0 Å². The van der Waals surface area contributed by atoms with E-state index in [0.29, 0.717) is 12.1 Å². The van der Waals surface area contributed by atoms with Crippen molar-refractivity contribution in [3.05, 3.63) is 23.8 Å². The minimum absolute atomic E-state index is 0.0342. The monoisotopic (exact) mass is 316 g/mol. The third kappa shape index (κ3) is 4.69. The molecule has 0 aliphatic rings. The molecule has 1 atom stereocenters. The molecular weight excluding hydrogens is 296 g/mol. The molecule has 7 nitrogen and oxygen atoms in total. The van der Waals surface area contributed by atoms with Crippen molar-refractivity contribution in [2.75, 3.05) is 11.9 Å². The molecule has 21 heavy (non-hydrogen) atoms. The van der Waals surface area contributed by atoms with Gasteiger partial charge in [-0.3, -0.25) is 0 Å². The van der Waals surface area contributed by atoms with Crippen molar-refractivity contribution >= 4 is 21.7 Å². The summed E-state index contributed by atoms with van der Waals surface area (Å²) < 4.78 is 22.6. The highest BCUT2D eigenvalue weighted by Crippen LogP contribution is 2.23. The van der Waals surface area contributed by atoms with E-state index in [-0.39, 0.29) is 29.0 Å². The van der Waals surface area contributed by atoms with Crippen molar-refractivity contribution < 1.29 is 23.4 Å². The normalized spacial score (nSPS) is 13.2. The lowest BCUT2D eigenvalue weighted by atomic mass is 10.0. The predicted octanol–water partition coefficient (Wildman–Crippen LogP) is 0.851. The Morgan fingerprint density at radius 1 is 1.38 bits per heavy atom. The Kier molecular flexibility index (Phi) is 5.70. The number of carboxylic acids is 1. The Hall–Kier alpha value is -1.64. The molecule has 0 spiro atoms. The number of aromatic carboxylic acids is 1. The number of sulfonamides is 1. The highest BCUT2D eigenvalue weighted by atomic mass is 32.2. The smallest absolute Gasteiger partial charge is 0.337 e. The van der Waals surface area contributed by atoms with Crippen LogP contribution in [0, 0.1) is 5.92 Å². The first-order valence-corrected chi connectivity index (χ1v) is 7.99. The summed E-state index contributed by atoms with van der Waals surface area (Å²) in [5.41, 5.74) is 0.118. The third-order valence-electron chi connectivity index (χ3n) is 3.14. The van der Waals surface area contributed by atoms with Crippen molar-refractivity contribution in [1.29, 1.82) is 0 Å². The molecule has 0 fully saturated rings. The van der Waals surface area contributed by atoms with Crippen LogP contribution >= 0.6 is 0 Å². The molecule has 0 aromatic heterocycles. The molecule has 0 radical (unpaired) electrons. The number of nitrogens with two attached hydrogens (primary N) is 1. The first-order chi connectivity index (χ1) is 9.66. The van der Waals surface area contributed by atoms with E-state index in [0.717, 1.165) is 6.07 Å². The van der Waals surface area contributed by atoms with E-state index < -0.39 is 16.0 Å². The van der Waals surface area contributed by atoms with Crippen LogP contribution in [0.3, 0.4) is 0 Å². The van der Waals surface area contributed by atoms with Gasteiger partial charge in [-0.05, 0) is 30.5 Å². The molecule has 0 saturated heterocycles. The number of primary sulfonamides is 1. The highest BCUT2D eigenvalue weighted by Gasteiger charge is 2.19. The molecule has 5 N–H and O–H groups in total. The zero-order chi connectivity index (χ0) is 16.2. The quantitative estimate of drug-likeness (QED) is 0.590. The second-order valence-electron chi connectivity index (χ2n) is 5.06. The van der Waals surface area contributed by atoms with Crippen molar-refractivity contribution in [3.63, 3.8) is 0 Å². The van der Waals surface area contributed by atoms with Gasteiger partial charge in [-0.2, -0.15) is 0 Å². The molecule has 0 bridgehead atoms. The van der Waals surface area contributed by atoms with E-state index in [4.69, 9.17) is 10.2 Å². The summed E-state index contributed by atoms with van der Waals surface area (Å²) in [6.45, 7) is 3.84. The minimum Gasteiger partial charge on any atom is -0.478 e. The molecule has 0 aliphatic carbocycles. The van der Waals surface area contributed by atoms with Crippen LogP contribution in [0.2, 0.25) is 0 Å². The topological polar surface area (TPSA) is 130 Å². The molecule has 118 valence electrons. The van der Waals surface area contributed by atoms with Crippen molar-refractivity contribution in [2.24, 2.45) is 11.1 Å². The third-order valence-corrected chi connectivity index (χ3v) is 4.05. The highest BCUT2D eigenvalue weighted by molar-refractivity contribution is 7.89. The van der Waals surface area contributed by atoms with Gasteiger partial charge in [0.05, 0.1) is 10.5 Å². The number of anilines is 1. The average Bonchev–Trinajstić information content (AvgIpc) is 2.36. The molecule has 0 heterocycles. The molecule has 1 aromatic carbocycles.